The van der Waals surface area contributed by atoms with E-state index in [4.69, 9.17) is 4.74 Å². The fraction of sp³-hybridized carbons (Fsp3) is 0.350. The molecule has 1 amide bonds. The normalized spacial score (nSPS) is 16.9. The number of ether oxygens (including phenoxy) is 1. The number of amides is 1. The Balaban J connectivity index is 1.73. The van der Waals surface area contributed by atoms with Gasteiger partial charge in [-0.25, -0.2) is 13.9 Å². The minimum Gasteiger partial charge on any atom is -0.491 e. The predicted octanol–water partition coefficient (Wildman–Crippen LogP) is 3.16. The molecule has 0 spiro atoms. The Kier molecular flexibility index (Phi) is 5.10. The van der Waals surface area contributed by atoms with Crippen LogP contribution in [0.1, 0.15) is 42.1 Å². The highest BCUT2D eigenvalue weighted by atomic mass is 19.1. The van der Waals surface area contributed by atoms with Crippen LogP contribution < -0.4 is 15.4 Å². The number of benzene rings is 1. The van der Waals surface area contributed by atoms with Gasteiger partial charge in [-0.1, -0.05) is 19.8 Å². The van der Waals surface area contributed by atoms with Gasteiger partial charge in [0.15, 0.2) is 5.65 Å². The summed E-state index contributed by atoms with van der Waals surface area (Å²) in [6.45, 7) is 2.75. The van der Waals surface area contributed by atoms with Gasteiger partial charge < -0.3 is 15.4 Å². The Hall–Kier alpha value is -3.16. The van der Waals surface area contributed by atoms with Crippen LogP contribution in [-0.4, -0.2) is 33.2 Å². The lowest BCUT2D eigenvalue weighted by Gasteiger charge is -2.20. The lowest BCUT2D eigenvalue weighted by Crippen LogP contribution is -2.39. The third-order valence-corrected chi connectivity index (χ3v) is 4.78. The fourth-order valence-corrected chi connectivity index (χ4v) is 3.24. The minimum absolute atomic E-state index is 0.169. The van der Waals surface area contributed by atoms with Crippen LogP contribution in [0.5, 0.6) is 5.75 Å². The number of hydrogen-bond donors (Lipinski definition) is 2. The zero-order chi connectivity index (χ0) is 19.5. The number of halogens is 1. The Morgan fingerprint density at radius 1 is 1.36 bits per heavy atom. The molecule has 0 saturated carbocycles. The van der Waals surface area contributed by atoms with Gasteiger partial charge in [0, 0.05) is 18.3 Å². The van der Waals surface area contributed by atoms with Crippen molar-refractivity contribution in [3.8, 4) is 5.75 Å². The second-order valence-electron chi connectivity index (χ2n) is 6.87. The first kappa shape index (κ1) is 18.2. The van der Waals surface area contributed by atoms with Crippen LogP contribution in [0.4, 0.5) is 10.2 Å². The molecule has 0 saturated heterocycles. The monoisotopic (exact) mass is 383 g/mol. The van der Waals surface area contributed by atoms with Crippen LogP contribution in [0.2, 0.25) is 0 Å². The molecule has 4 rings (SSSR count). The Morgan fingerprint density at radius 2 is 2.25 bits per heavy atom. The maximum absolute atomic E-state index is 13.8. The second kappa shape index (κ2) is 7.84. The number of hydrogen-bond acceptors (Lipinski definition) is 5. The number of nitrogens with zero attached hydrogens (tertiary/aromatic N) is 3. The number of fused-ring (bicyclic) bond motifs is 2. The van der Waals surface area contributed by atoms with Gasteiger partial charge in [-0.2, -0.15) is 5.10 Å². The van der Waals surface area contributed by atoms with Gasteiger partial charge in [0.05, 0.1) is 12.2 Å². The average Bonchev–Trinajstić information content (AvgIpc) is 3.12. The van der Waals surface area contributed by atoms with Crippen LogP contribution in [-0.2, 0) is 6.54 Å². The van der Waals surface area contributed by atoms with E-state index in [2.05, 4.69) is 27.6 Å². The summed E-state index contributed by atoms with van der Waals surface area (Å²) >= 11 is 0. The number of unbranched alkanes of at least 4 members (excludes halogenated alkanes) is 1. The van der Waals surface area contributed by atoms with Gasteiger partial charge in [0.1, 0.15) is 29.6 Å². The molecule has 146 valence electrons. The summed E-state index contributed by atoms with van der Waals surface area (Å²) in [6, 6.07) is 6.03. The summed E-state index contributed by atoms with van der Waals surface area (Å²) in [5.41, 5.74) is 1.57. The van der Waals surface area contributed by atoms with Crippen molar-refractivity contribution in [1.82, 2.24) is 19.9 Å². The average molecular weight is 383 g/mol. The van der Waals surface area contributed by atoms with Crippen molar-refractivity contribution in [3.63, 3.8) is 0 Å². The number of rotatable bonds is 3. The van der Waals surface area contributed by atoms with E-state index < -0.39 is 0 Å². The third-order valence-electron chi connectivity index (χ3n) is 4.78. The van der Waals surface area contributed by atoms with Crippen LogP contribution >= 0.6 is 0 Å². The first-order valence-electron chi connectivity index (χ1n) is 9.44. The standard InChI is InChI=1S/C20H22FN5O2/c1-2-3-4-15-12-28-17-6-5-14(21)9-13(17)10-22-18-7-8-26-19(25-18)16(11-23-26)20(27)24-15/h5-9,11,15H,2-4,10,12H2,1H3,(H,22,25)(H,24,27)/t15-/m1/s1. The minimum atomic E-state index is -0.328. The van der Waals surface area contributed by atoms with Crippen molar-refractivity contribution in [3.05, 3.63) is 53.6 Å². The summed E-state index contributed by atoms with van der Waals surface area (Å²) in [7, 11) is 0. The largest absolute Gasteiger partial charge is 0.491 e. The summed E-state index contributed by atoms with van der Waals surface area (Å²) in [4.78, 5) is 17.3. The third kappa shape index (κ3) is 3.76. The lowest BCUT2D eigenvalue weighted by molar-refractivity contribution is 0.0919. The number of carbonyl (C=O) groups is 1. The molecule has 0 radical (unpaired) electrons. The Labute approximate surface area is 161 Å². The number of carbonyl (C=O) groups excluding carboxylic acids is 1. The second-order valence-corrected chi connectivity index (χ2v) is 6.87. The van der Waals surface area contributed by atoms with E-state index in [1.54, 1.807) is 22.8 Å². The molecule has 8 heteroatoms. The summed E-state index contributed by atoms with van der Waals surface area (Å²) < 4.78 is 21.3. The van der Waals surface area contributed by atoms with Gasteiger partial charge in [-0.05, 0) is 30.7 Å². The smallest absolute Gasteiger partial charge is 0.257 e. The molecule has 0 aliphatic carbocycles. The number of nitrogens with one attached hydrogen (secondary N) is 2. The van der Waals surface area contributed by atoms with E-state index in [0.29, 0.717) is 41.5 Å². The van der Waals surface area contributed by atoms with Crippen molar-refractivity contribution < 1.29 is 13.9 Å². The molecule has 2 N–H and O–H groups in total. The van der Waals surface area contributed by atoms with E-state index in [9.17, 15) is 9.18 Å². The zero-order valence-electron chi connectivity index (χ0n) is 15.6. The van der Waals surface area contributed by atoms with E-state index in [1.807, 2.05) is 0 Å². The predicted molar refractivity (Wildman–Crippen MR) is 103 cm³/mol. The number of anilines is 1. The van der Waals surface area contributed by atoms with Gasteiger partial charge in [0.2, 0.25) is 0 Å². The van der Waals surface area contributed by atoms with Gasteiger partial charge in [0.25, 0.3) is 5.91 Å². The number of aromatic nitrogens is 3. The van der Waals surface area contributed by atoms with E-state index in [1.165, 1.54) is 18.3 Å². The van der Waals surface area contributed by atoms with Crippen LogP contribution in [0, 0.1) is 5.82 Å². The highest BCUT2D eigenvalue weighted by molar-refractivity contribution is 5.99. The molecule has 1 aliphatic heterocycles. The van der Waals surface area contributed by atoms with Crippen LogP contribution in [0.3, 0.4) is 0 Å². The molecule has 2 aromatic heterocycles. The van der Waals surface area contributed by atoms with Crippen molar-refractivity contribution >= 4 is 17.4 Å². The quantitative estimate of drug-likeness (QED) is 0.726. The van der Waals surface area contributed by atoms with E-state index in [0.717, 1.165) is 19.3 Å². The molecule has 2 bridgehead atoms. The Bertz CT molecular complexity index is 1000. The molecule has 28 heavy (non-hydrogen) atoms. The van der Waals surface area contributed by atoms with Crippen molar-refractivity contribution in [2.45, 2.75) is 38.8 Å². The van der Waals surface area contributed by atoms with E-state index in [-0.39, 0.29) is 17.8 Å². The summed E-state index contributed by atoms with van der Waals surface area (Å²) in [5, 5.41) is 10.4. The zero-order valence-corrected chi connectivity index (χ0v) is 15.6. The van der Waals surface area contributed by atoms with Gasteiger partial charge in [-0.3, -0.25) is 4.79 Å². The van der Waals surface area contributed by atoms with Crippen LogP contribution in [0.15, 0.2) is 36.7 Å². The van der Waals surface area contributed by atoms with Crippen molar-refractivity contribution in [2.75, 3.05) is 11.9 Å². The fourth-order valence-electron chi connectivity index (χ4n) is 3.24. The maximum Gasteiger partial charge on any atom is 0.257 e. The highest BCUT2D eigenvalue weighted by Crippen LogP contribution is 2.22. The molecule has 3 heterocycles. The molecule has 7 nitrogen and oxygen atoms in total. The molecule has 0 unspecified atom stereocenters. The van der Waals surface area contributed by atoms with Crippen LogP contribution in [0.25, 0.3) is 5.65 Å². The molecule has 1 aliphatic rings. The summed E-state index contributed by atoms with van der Waals surface area (Å²) in [5.74, 6) is 0.598. The molecule has 3 aromatic rings. The van der Waals surface area contributed by atoms with E-state index >= 15 is 0 Å². The lowest BCUT2D eigenvalue weighted by atomic mass is 10.1. The first-order chi connectivity index (χ1) is 13.6. The molecule has 1 aromatic carbocycles. The molecule has 0 fully saturated rings. The van der Waals surface area contributed by atoms with Gasteiger partial charge >= 0.3 is 0 Å². The topological polar surface area (TPSA) is 80.6 Å². The first-order valence-corrected chi connectivity index (χ1v) is 9.44. The van der Waals surface area contributed by atoms with Crippen molar-refractivity contribution in [2.24, 2.45) is 0 Å². The Morgan fingerprint density at radius 3 is 3.11 bits per heavy atom. The van der Waals surface area contributed by atoms with Gasteiger partial charge in [-0.15, -0.1) is 0 Å². The maximum atomic E-state index is 13.8. The molecule has 1 atom stereocenters. The highest BCUT2D eigenvalue weighted by Gasteiger charge is 2.20. The summed E-state index contributed by atoms with van der Waals surface area (Å²) in [6.07, 6.45) is 6.01. The SMILES string of the molecule is CCCC[C@@H]1COc2ccc(F)cc2CNc2ccn3ncc(c3n2)C(=O)N1. The molecular formula is C20H22FN5O2. The van der Waals surface area contributed by atoms with Crippen molar-refractivity contribution in [1.29, 1.82) is 0 Å². The molecular weight excluding hydrogens is 361 g/mol.